The van der Waals surface area contributed by atoms with Crippen molar-refractivity contribution in [1.82, 2.24) is 5.32 Å². The molecule has 0 radical (unpaired) electrons. The van der Waals surface area contributed by atoms with Crippen molar-refractivity contribution < 1.29 is 0 Å². The summed E-state index contributed by atoms with van der Waals surface area (Å²) >= 11 is 4.27. The van der Waals surface area contributed by atoms with E-state index in [-0.39, 0.29) is 0 Å². The topological polar surface area (TPSA) is 12.0 Å². The standard InChI is InChI=1S/C10H21NS2/c1-8(2)6-9(11-3)10-7-12-4-5-13-10/h8-11H,4-7H2,1-3H3. The molecule has 0 aliphatic carbocycles. The monoisotopic (exact) mass is 219 g/mol. The van der Waals surface area contributed by atoms with Gasteiger partial charge in [-0.15, -0.1) is 0 Å². The maximum Gasteiger partial charge on any atom is 0.0291 e. The average molecular weight is 219 g/mol. The first-order valence-electron chi connectivity index (χ1n) is 5.10. The van der Waals surface area contributed by atoms with Gasteiger partial charge in [0.1, 0.15) is 0 Å². The highest BCUT2D eigenvalue weighted by atomic mass is 32.2. The second kappa shape index (κ2) is 6.20. The minimum Gasteiger partial charge on any atom is -0.316 e. The summed E-state index contributed by atoms with van der Waals surface area (Å²) < 4.78 is 0. The second-order valence-corrected chi connectivity index (χ2v) is 6.51. The van der Waals surface area contributed by atoms with Gasteiger partial charge in [-0.1, -0.05) is 13.8 Å². The lowest BCUT2D eigenvalue weighted by Crippen LogP contribution is -2.39. The fourth-order valence-corrected chi connectivity index (χ4v) is 4.65. The quantitative estimate of drug-likeness (QED) is 0.780. The van der Waals surface area contributed by atoms with Gasteiger partial charge in [-0.25, -0.2) is 0 Å². The molecule has 0 spiro atoms. The maximum atomic E-state index is 3.47. The van der Waals surface area contributed by atoms with Crippen LogP contribution in [-0.4, -0.2) is 35.6 Å². The minimum absolute atomic E-state index is 0.720. The van der Waals surface area contributed by atoms with Crippen molar-refractivity contribution in [3.05, 3.63) is 0 Å². The van der Waals surface area contributed by atoms with E-state index >= 15 is 0 Å². The maximum absolute atomic E-state index is 3.47. The summed E-state index contributed by atoms with van der Waals surface area (Å²) in [5.41, 5.74) is 0. The van der Waals surface area contributed by atoms with Gasteiger partial charge in [0.15, 0.2) is 0 Å². The zero-order valence-corrected chi connectivity index (χ0v) is 10.5. The van der Waals surface area contributed by atoms with Crippen LogP contribution in [0.1, 0.15) is 20.3 Å². The van der Waals surface area contributed by atoms with Crippen LogP contribution in [-0.2, 0) is 0 Å². The zero-order chi connectivity index (χ0) is 9.68. The SMILES string of the molecule is CNC(CC(C)C)C1CSCCS1. The molecule has 1 heterocycles. The molecule has 78 valence electrons. The number of rotatable bonds is 4. The summed E-state index contributed by atoms with van der Waals surface area (Å²) in [6, 6.07) is 0.720. The molecule has 1 N–H and O–H groups in total. The highest BCUT2D eigenvalue weighted by Gasteiger charge is 2.23. The first-order chi connectivity index (χ1) is 6.24. The molecule has 0 aromatic heterocycles. The van der Waals surface area contributed by atoms with Crippen LogP contribution >= 0.6 is 23.5 Å². The summed E-state index contributed by atoms with van der Waals surface area (Å²) in [5.74, 6) is 4.83. The molecule has 1 aliphatic rings. The molecule has 1 fully saturated rings. The Balaban J connectivity index is 2.34. The van der Waals surface area contributed by atoms with Crippen molar-refractivity contribution >= 4 is 23.5 Å². The van der Waals surface area contributed by atoms with Crippen LogP contribution in [0, 0.1) is 5.92 Å². The van der Waals surface area contributed by atoms with Crippen LogP contribution in [0.2, 0.25) is 0 Å². The van der Waals surface area contributed by atoms with Gasteiger partial charge in [-0.2, -0.15) is 23.5 Å². The summed E-state index contributed by atoms with van der Waals surface area (Å²) in [6.07, 6.45) is 1.31. The molecule has 1 saturated heterocycles. The lowest BCUT2D eigenvalue weighted by molar-refractivity contribution is 0.442. The minimum atomic E-state index is 0.720. The van der Waals surface area contributed by atoms with Crippen LogP contribution in [0.3, 0.4) is 0 Å². The van der Waals surface area contributed by atoms with Crippen LogP contribution < -0.4 is 5.32 Å². The number of thioether (sulfide) groups is 2. The van der Waals surface area contributed by atoms with E-state index in [0.29, 0.717) is 0 Å². The molecule has 0 aromatic rings. The Bertz CT molecular complexity index is 133. The van der Waals surface area contributed by atoms with Gasteiger partial charge in [0.25, 0.3) is 0 Å². The van der Waals surface area contributed by atoms with Crippen LogP contribution in [0.4, 0.5) is 0 Å². The summed E-state index contributed by atoms with van der Waals surface area (Å²) in [7, 11) is 2.10. The van der Waals surface area contributed by atoms with Crippen molar-refractivity contribution in [3.63, 3.8) is 0 Å². The van der Waals surface area contributed by atoms with Crippen molar-refractivity contribution in [2.75, 3.05) is 24.3 Å². The van der Waals surface area contributed by atoms with E-state index in [1.165, 1.54) is 23.7 Å². The fraction of sp³-hybridized carbons (Fsp3) is 1.00. The van der Waals surface area contributed by atoms with Crippen molar-refractivity contribution in [3.8, 4) is 0 Å². The summed E-state index contributed by atoms with van der Waals surface area (Å²) in [6.45, 7) is 4.62. The van der Waals surface area contributed by atoms with Crippen molar-refractivity contribution in [1.29, 1.82) is 0 Å². The van der Waals surface area contributed by atoms with Gasteiger partial charge in [-0.3, -0.25) is 0 Å². The molecule has 1 rings (SSSR count). The fourth-order valence-electron chi connectivity index (χ4n) is 1.70. The van der Waals surface area contributed by atoms with Gasteiger partial charge >= 0.3 is 0 Å². The summed E-state index contributed by atoms with van der Waals surface area (Å²) in [5, 5.41) is 4.31. The van der Waals surface area contributed by atoms with Gasteiger partial charge in [0, 0.05) is 28.6 Å². The molecule has 1 aliphatic heterocycles. The predicted octanol–water partition coefficient (Wildman–Crippen LogP) is 2.47. The largest absolute Gasteiger partial charge is 0.316 e. The first-order valence-corrected chi connectivity index (χ1v) is 7.31. The van der Waals surface area contributed by atoms with Gasteiger partial charge in [-0.05, 0) is 19.4 Å². The Morgan fingerprint density at radius 3 is 2.62 bits per heavy atom. The van der Waals surface area contributed by atoms with E-state index in [1.54, 1.807) is 0 Å². The lowest BCUT2D eigenvalue weighted by Gasteiger charge is -2.30. The third kappa shape index (κ3) is 4.13. The van der Waals surface area contributed by atoms with E-state index in [4.69, 9.17) is 0 Å². The normalized spacial score (nSPS) is 26.3. The van der Waals surface area contributed by atoms with Crippen LogP contribution in [0.5, 0.6) is 0 Å². The molecule has 2 atom stereocenters. The molecule has 1 nitrogen and oxygen atoms in total. The molecular weight excluding hydrogens is 198 g/mol. The smallest absolute Gasteiger partial charge is 0.0291 e. The third-order valence-corrected chi connectivity index (χ3v) is 5.31. The first kappa shape index (κ1) is 11.7. The van der Waals surface area contributed by atoms with Gasteiger partial charge in [0.05, 0.1) is 0 Å². The highest BCUT2D eigenvalue weighted by Crippen LogP contribution is 2.28. The Morgan fingerprint density at radius 2 is 2.15 bits per heavy atom. The Labute approximate surface area is 90.8 Å². The highest BCUT2D eigenvalue weighted by molar-refractivity contribution is 8.06. The van der Waals surface area contributed by atoms with Crippen LogP contribution in [0.15, 0.2) is 0 Å². The number of hydrogen-bond donors (Lipinski definition) is 1. The predicted molar refractivity (Wildman–Crippen MR) is 65.9 cm³/mol. The molecule has 0 aromatic carbocycles. The average Bonchev–Trinajstić information content (AvgIpc) is 2.15. The van der Waals surface area contributed by atoms with Crippen molar-refractivity contribution in [2.24, 2.45) is 5.92 Å². The summed E-state index contributed by atoms with van der Waals surface area (Å²) in [4.78, 5) is 0. The Hall–Kier alpha value is 0.660. The van der Waals surface area contributed by atoms with E-state index in [2.05, 4.69) is 49.7 Å². The van der Waals surface area contributed by atoms with Crippen LogP contribution in [0.25, 0.3) is 0 Å². The molecule has 2 unspecified atom stereocenters. The third-order valence-electron chi connectivity index (χ3n) is 2.39. The van der Waals surface area contributed by atoms with E-state index in [9.17, 15) is 0 Å². The Kier molecular flexibility index (Phi) is 5.60. The number of nitrogens with one attached hydrogen (secondary N) is 1. The molecule has 0 bridgehead atoms. The van der Waals surface area contributed by atoms with E-state index in [0.717, 1.165) is 17.2 Å². The molecule has 0 amide bonds. The lowest BCUT2D eigenvalue weighted by atomic mass is 10.0. The zero-order valence-electron chi connectivity index (χ0n) is 8.88. The number of hydrogen-bond acceptors (Lipinski definition) is 3. The molecular formula is C10H21NS2. The molecule has 13 heavy (non-hydrogen) atoms. The van der Waals surface area contributed by atoms with E-state index in [1.807, 2.05) is 0 Å². The molecule has 0 saturated carbocycles. The second-order valence-electron chi connectivity index (χ2n) is 4.01. The molecule has 3 heteroatoms. The Morgan fingerprint density at radius 1 is 1.38 bits per heavy atom. The van der Waals surface area contributed by atoms with Gasteiger partial charge in [0.2, 0.25) is 0 Å². The van der Waals surface area contributed by atoms with Crippen molar-refractivity contribution in [2.45, 2.75) is 31.6 Å². The van der Waals surface area contributed by atoms with Gasteiger partial charge < -0.3 is 5.32 Å². The van der Waals surface area contributed by atoms with E-state index < -0.39 is 0 Å².